The highest BCUT2D eigenvalue weighted by molar-refractivity contribution is 7.15. The number of halogens is 1. The van der Waals surface area contributed by atoms with Crippen molar-refractivity contribution in [2.24, 2.45) is 0 Å². The molecule has 0 amide bonds. The zero-order chi connectivity index (χ0) is 20.0. The van der Waals surface area contributed by atoms with Crippen LogP contribution in [-0.2, 0) is 0 Å². The summed E-state index contributed by atoms with van der Waals surface area (Å²) in [5, 5.41) is 18.2. The topological polar surface area (TPSA) is 103 Å². The Bertz CT molecular complexity index is 1180. The van der Waals surface area contributed by atoms with E-state index in [0.717, 1.165) is 18.4 Å². The maximum absolute atomic E-state index is 11.6. The summed E-state index contributed by atoms with van der Waals surface area (Å²) in [6.07, 6.45) is 3.40. The van der Waals surface area contributed by atoms with Crippen molar-refractivity contribution in [2.75, 3.05) is 18.0 Å². The summed E-state index contributed by atoms with van der Waals surface area (Å²) in [7, 11) is 0. The molecule has 1 aromatic carbocycles. The minimum atomic E-state index is -0.378. The molecule has 9 nitrogen and oxygen atoms in total. The van der Waals surface area contributed by atoms with Crippen molar-refractivity contribution in [3.8, 4) is 11.4 Å². The number of benzene rings is 1. The first-order valence-corrected chi connectivity index (χ1v) is 10.3. The summed E-state index contributed by atoms with van der Waals surface area (Å²) in [5.74, 6) is 1.40. The van der Waals surface area contributed by atoms with Crippen molar-refractivity contribution in [1.82, 2.24) is 19.5 Å². The van der Waals surface area contributed by atoms with Crippen LogP contribution in [0.1, 0.15) is 24.7 Å². The normalized spacial score (nSPS) is 17.1. The van der Waals surface area contributed by atoms with Crippen LogP contribution in [0.2, 0.25) is 5.02 Å². The molecule has 1 saturated heterocycles. The van der Waals surface area contributed by atoms with Crippen molar-refractivity contribution in [1.29, 1.82) is 0 Å². The highest BCUT2D eigenvalue weighted by atomic mass is 35.5. The largest absolute Gasteiger partial charge is 0.373 e. The zero-order valence-electron chi connectivity index (χ0n) is 15.1. The highest BCUT2D eigenvalue weighted by Gasteiger charge is 2.33. The van der Waals surface area contributed by atoms with E-state index in [1.165, 1.54) is 15.7 Å². The van der Waals surface area contributed by atoms with E-state index in [1.54, 1.807) is 23.7 Å². The van der Waals surface area contributed by atoms with E-state index in [2.05, 4.69) is 15.1 Å². The molecule has 1 aliphatic rings. The van der Waals surface area contributed by atoms with E-state index < -0.39 is 0 Å². The molecule has 0 N–H and O–H groups in total. The third-order valence-corrected chi connectivity index (χ3v) is 6.02. The number of fused-ring (bicyclic) bond motifs is 1. The fraction of sp³-hybridized carbons (Fsp3) is 0.278. The molecule has 1 fully saturated rings. The molecule has 0 radical (unpaired) electrons. The number of thiazole rings is 1. The molecule has 29 heavy (non-hydrogen) atoms. The van der Waals surface area contributed by atoms with E-state index in [-0.39, 0.29) is 16.7 Å². The number of anilines is 1. The second-order valence-electron chi connectivity index (χ2n) is 6.82. The Morgan fingerprint density at radius 3 is 2.90 bits per heavy atom. The molecule has 0 aliphatic carbocycles. The average molecular weight is 431 g/mol. The molecule has 3 aromatic heterocycles. The Kier molecular flexibility index (Phi) is 4.44. The Hall–Kier alpha value is -2.98. The third-order valence-electron chi connectivity index (χ3n) is 5.01. The summed E-state index contributed by atoms with van der Waals surface area (Å²) in [6.45, 7) is 1.23. The SMILES string of the molecule is O=[N+]([O-])c1c(N2CCCC(c3nc(-c4ccc(Cl)cc4)no3)C2)nc2sccn12. The number of nitrogens with zero attached hydrogens (tertiary/aromatic N) is 6. The van der Waals surface area contributed by atoms with Gasteiger partial charge in [-0.1, -0.05) is 28.1 Å². The molecule has 0 bridgehead atoms. The first-order chi connectivity index (χ1) is 14.1. The second-order valence-corrected chi connectivity index (χ2v) is 8.13. The smallest absolute Gasteiger partial charge is 0.358 e. The maximum atomic E-state index is 11.6. The standard InChI is InChI=1S/C18H15ClN6O3S/c19-13-5-3-11(4-6-13)14-20-16(28-22-14)12-2-1-7-23(10-12)15-17(25(26)27)24-8-9-29-18(24)21-15/h3-6,8-9,12H,1-2,7,10H2. The molecule has 4 aromatic rings. The van der Waals surface area contributed by atoms with Crippen molar-refractivity contribution in [2.45, 2.75) is 18.8 Å². The van der Waals surface area contributed by atoms with Crippen LogP contribution >= 0.6 is 22.9 Å². The zero-order valence-corrected chi connectivity index (χ0v) is 16.6. The minimum absolute atomic E-state index is 0.00529. The first kappa shape index (κ1) is 18.1. The van der Waals surface area contributed by atoms with Crippen LogP contribution in [0.4, 0.5) is 11.6 Å². The van der Waals surface area contributed by atoms with E-state index >= 15 is 0 Å². The van der Waals surface area contributed by atoms with Gasteiger partial charge in [0.1, 0.15) is 6.20 Å². The Morgan fingerprint density at radius 1 is 1.28 bits per heavy atom. The number of rotatable bonds is 4. The van der Waals surface area contributed by atoms with E-state index in [0.29, 0.717) is 40.6 Å². The average Bonchev–Trinajstić information content (AvgIpc) is 3.44. The summed E-state index contributed by atoms with van der Waals surface area (Å²) < 4.78 is 7.04. The predicted octanol–water partition coefficient (Wildman–Crippen LogP) is 4.39. The van der Waals surface area contributed by atoms with Gasteiger partial charge in [-0.05, 0) is 42.0 Å². The third kappa shape index (κ3) is 3.23. The molecular weight excluding hydrogens is 416 g/mol. The van der Waals surface area contributed by atoms with Crippen LogP contribution in [0.15, 0.2) is 40.4 Å². The molecule has 5 rings (SSSR count). The molecule has 0 saturated carbocycles. The van der Waals surface area contributed by atoms with Crippen LogP contribution in [-0.4, -0.2) is 37.5 Å². The van der Waals surface area contributed by atoms with Crippen LogP contribution in [0, 0.1) is 10.1 Å². The van der Waals surface area contributed by atoms with Gasteiger partial charge >= 0.3 is 5.82 Å². The molecule has 0 spiro atoms. The van der Waals surface area contributed by atoms with Crippen LogP contribution in [0.3, 0.4) is 0 Å². The molecule has 1 unspecified atom stereocenters. The number of hydrogen-bond acceptors (Lipinski definition) is 8. The number of nitro groups is 1. The first-order valence-electron chi connectivity index (χ1n) is 9.04. The number of aromatic nitrogens is 4. The quantitative estimate of drug-likeness (QED) is 0.349. The van der Waals surface area contributed by atoms with Gasteiger partial charge in [0.05, 0.1) is 5.92 Å². The van der Waals surface area contributed by atoms with Gasteiger partial charge < -0.3 is 19.5 Å². The number of hydrogen-bond donors (Lipinski definition) is 0. The maximum Gasteiger partial charge on any atom is 0.373 e. The summed E-state index contributed by atoms with van der Waals surface area (Å²) in [5.41, 5.74) is 0.821. The van der Waals surface area contributed by atoms with Gasteiger partial charge in [0.2, 0.25) is 17.5 Å². The van der Waals surface area contributed by atoms with Crippen LogP contribution in [0.25, 0.3) is 16.3 Å². The van der Waals surface area contributed by atoms with Crippen molar-refractivity contribution in [3.05, 3.63) is 56.9 Å². The lowest BCUT2D eigenvalue weighted by Crippen LogP contribution is -2.35. The lowest BCUT2D eigenvalue weighted by molar-refractivity contribution is -0.389. The molecule has 11 heteroatoms. The van der Waals surface area contributed by atoms with E-state index in [1.807, 2.05) is 17.0 Å². The Balaban J connectivity index is 1.42. The lowest BCUT2D eigenvalue weighted by Gasteiger charge is -2.30. The van der Waals surface area contributed by atoms with Gasteiger partial charge in [-0.3, -0.25) is 0 Å². The van der Waals surface area contributed by atoms with Crippen molar-refractivity contribution >= 4 is 39.5 Å². The predicted molar refractivity (Wildman–Crippen MR) is 109 cm³/mol. The van der Waals surface area contributed by atoms with Gasteiger partial charge in [0.15, 0.2) is 0 Å². The van der Waals surface area contributed by atoms with E-state index in [4.69, 9.17) is 16.1 Å². The number of imidazole rings is 1. The summed E-state index contributed by atoms with van der Waals surface area (Å²) in [6, 6.07) is 7.23. The van der Waals surface area contributed by atoms with Gasteiger partial charge in [-0.2, -0.15) is 14.4 Å². The fourth-order valence-corrected chi connectivity index (χ4v) is 4.46. The minimum Gasteiger partial charge on any atom is -0.358 e. The highest BCUT2D eigenvalue weighted by Crippen LogP contribution is 2.36. The summed E-state index contributed by atoms with van der Waals surface area (Å²) >= 11 is 7.31. The summed E-state index contributed by atoms with van der Waals surface area (Å²) in [4.78, 5) is 22.9. The van der Waals surface area contributed by atoms with Gasteiger partial charge in [0, 0.05) is 29.1 Å². The molecule has 1 atom stereocenters. The number of piperidine rings is 1. The van der Waals surface area contributed by atoms with Crippen molar-refractivity contribution < 1.29 is 9.45 Å². The van der Waals surface area contributed by atoms with Crippen LogP contribution in [0.5, 0.6) is 0 Å². The lowest BCUT2D eigenvalue weighted by atomic mass is 9.98. The fourth-order valence-electron chi connectivity index (χ4n) is 3.63. The monoisotopic (exact) mass is 430 g/mol. The molecule has 4 heterocycles. The molecule has 148 valence electrons. The second kappa shape index (κ2) is 7.12. The Morgan fingerprint density at radius 2 is 2.10 bits per heavy atom. The van der Waals surface area contributed by atoms with Crippen LogP contribution < -0.4 is 4.90 Å². The Labute approximate surface area is 173 Å². The molecular formula is C18H15ClN6O3S. The van der Waals surface area contributed by atoms with Gasteiger partial charge in [-0.15, -0.1) is 0 Å². The van der Waals surface area contributed by atoms with Gasteiger partial charge in [-0.25, -0.2) is 0 Å². The van der Waals surface area contributed by atoms with Gasteiger partial charge in [0.25, 0.3) is 4.96 Å². The molecule has 1 aliphatic heterocycles. The van der Waals surface area contributed by atoms with E-state index in [9.17, 15) is 10.1 Å². The van der Waals surface area contributed by atoms with Crippen molar-refractivity contribution in [3.63, 3.8) is 0 Å².